The van der Waals surface area contributed by atoms with Crippen molar-refractivity contribution in [3.05, 3.63) is 82.9 Å². The predicted molar refractivity (Wildman–Crippen MR) is 148 cm³/mol. The number of aliphatic hydroxyl groups excluding tert-OH is 1. The third-order valence-electron chi connectivity index (χ3n) is 7.01. The highest BCUT2D eigenvalue weighted by Gasteiger charge is 2.47. The van der Waals surface area contributed by atoms with E-state index in [9.17, 15) is 23.5 Å². The number of amides is 2. The summed E-state index contributed by atoms with van der Waals surface area (Å²) in [4.78, 5) is 32.6. The zero-order chi connectivity index (χ0) is 28.4. The molecule has 1 aliphatic rings. The number of carbonyl (C=O) groups excluding carboxylic acids is 2. The third-order valence-corrected chi connectivity index (χ3v) is 7.01. The van der Waals surface area contributed by atoms with Crippen LogP contribution in [-0.2, 0) is 22.6 Å². The Hall–Kier alpha value is -3.43. The van der Waals surface area contributed by atoms with E-state index in [0.717, 1.165) is 24.5 Å². The lowest BCUT2D eigenvalue weighted by Crippen LogP contribution is -2.53. The Morgan fingerprint density at radius 2 is 1.72 bits per heavy atom. The number of dihydropyridines is 1. The fourth-order valence-electron chi connectivity index (χ4n) is 5.11. The Balaban J connectivity index is 1.98. The molecule has 1 unspecified atom stereocenters. The highest BCUT2D eigenvalue weighted by molar-refractivity contribution is 6.13. The number of carbonyl (C=O) groups is 2. The van der Waals surface area contributed by atoms with Crippen LogP contribution in [0.25, 0.3) is 0 Å². The summed E-state index contributed by atoms with van der Waals surface area (Å²) in [6.45, 7) is 5.46. The van der Waals surface area contributed by atoms with E-state index in [1.807, 2.05) is 44.2 Å². The summed E-state index contributed by atoms with van der Waals surface area (Å²) in [5, 5.41) is 14.6. The number of rotatable bonds is 14. The lowest BCUT2D eigenvalue weighted by Gasteiger charge is -2.40. The maximum Gasteiger partial charge on any atom is 0.255 e. The SMILES string of the molecule is CCCN(CCC)C(=O)C1=CC(C(N)=O)([C@H](Cc2cc(F)cc(F)c2)[C@@H](O)CNCc2ccccc2)CN=C1. The minimum atomic E-state index is -1.56. The van der Waals surface area contributed by atoms with Crippen LogP contribution in [0.5, 0.6) is 0 Å². The van der Waals surface area contributed by atoms with E-state index in [1.165, 1.54) is 24.4 Å². The molecule has 210 valence electrons. The highest BCUT2D eigenvalue weighted by Crippen LogP contribution is 2.38. The summed E-state index contributed by atoms with van der Waals surface area (Å²) in [6.07, 6.45) is 3.24. The fraction of sp³-hybridized carbons (Fsp3) is 0.433. The molecule has 0 saturated heterocycles. The number of hydrogen-bond donors (Lipinski definition) is 3. The molecule has 0 aromatic heterocycles. The predicted octanol–water partition coefficient (Wildman–Crippen LogP) is 3.41. The molecule has 0 aliphatic carbocycles. The molecule has 1 aliphatic heterocycles. The fourth-order valence-corrected chi connectivity index (χ4v) is 5.11. The Kier molecular flexibility index (Phi) is 10.9. The molecule has 0 saturated carbocycles. The number of nitrogens with zero attached hydrogens (tertiary/aromatic N) is 2. The molecule has 0 spiro atoms. The van der Waals surface area contributed by atoms with Gasteiger partial charge < -0.3 is 21.1 Å². The summed E-state index contributed by atoms with van der Waals surface area (Å²) < 4.78 is 28.2. The van der Waals surface area contributed by atoms with E-state index < -0.39 is 35.0 Å². The van der Waals surface area contributed by atoms with Gasteiger partial charge in [0.2, 0.25) is 5.91 Å². The quantitative estimate of drug-likeness (QED) is 0.341. The van der Waals surface area contributed by atoms with Gasteiger partial charge in [0.25, 0.3) is 5.91 Å². The molecule has 9 heteroatoms. The average Bonchev–Trinajstić information content (AvgIpc) is 2.91. The zero-order valence-electron chi connectivity index (χ0n) is 22.6. The number of halogens is 2. The zero-order valence-corrected chi connectivity index (χ0v) is 22.6. The van der Waals surface area contributed by atoms with E-state index >= 15 is 0 Å². The van der Waals surface area contributed by atoms with Crippen LogP contribution in [0.1, 0.15) is 37.8 Å². The highest BCUT2D eigenvalue weighted by atomic mass is 19.1. The Morgan fingerprint density at radius 1 is 1.08 bits per heavy atom. The van der Waals surface area contributed by atoms with Crippen molar-refractivity contribution in [3.8, 4) is 0 Å². The molecule has 2 aromatic carbocycles. The van der Waals surface area contributed by atoms with E-state index in [1.54, 1.807) is 4.90 Å². The van der Waals surface area contributed by atoms with Crippen LogP contribution < -0.4 is 11.1 Å². The molecule has 2 aromatic rings. The summed E-state index contributed by atoms with van der Waals surface area (Å²) in [5.41, 5.74) is 5.88. The second-order valence-electron chi connectivity index (χ2n) is 10.0. The Bertz CT molecular complexity index is 1160. The standard InChI is InChI=1S/C30H38F2N4O3/c1-3-10-36(11-4-2)28(38)23-16-30(29(33)39,20-35-18-23)26(14-22-12-24(31)15-25(32)13-22)27(37)19-34-17-21-8-6-5-7-9-21/h5-9,12-13,15-16,18,26-27,34,37H,3-4,10-11,14,17,19-20H2,1-2H3,(H2,33,39)/t26-,27+,30?/m1/s1. The van der Waals surface area contributed by atoms with Gasteiger partial charge in [0.05, 0.1) is 23.6 Å². The van der Waals surface area contributed by atoms with Gasteiger partial charge in [-0.3, -0.25) is 14.6 Å². The molecule has 0 radical (unpaired) electrons. The molecule has 39 heavy (non-hydrogen) atoms. The molecule has 7 nitrogen and oxygen atoms in total. The van der Waals surface area contributed by atoms with Crippen molar-refractivity contribution >= 4 is 18.0 Å². The molecule has 0 fully saturated rings. The van der Waals surface area contributed by atoms with Crippen LogP contribution in [0, 0.1) is 23.0 Å². The topological polar surface area (TPSA) is 108 Å². The lowest BCUT2D eigenvalue weighted by molar-refractivity contribution is -0.130. The maximum atomic E-state index is 14.1. The number of aliphatic hydroxyl groups is 1. The lowest BCUT2D eigenvalue weighted by atomic mass is 9.67. The van der Waals surface area contributed by atoms with Gasteiger partial charge in [-0.05, 0) is 42.5 Å². The van der Waals surface area contributed by atoms with E-state index in [2.05, 4.69) is 10.3 Å². The molecular weight excluding hydrogens is 502 g/mol. The normalized spacial score (nSPS) is 18.3. The van der Waals surface area contributed by atoms with E-state index in [0.29, 0.717) is 19.6 Å². The van der Waals surface area contributed by atoms with Gasteiger partial charge in [0.1, 0.15) is 11.6 Å². The van der Waals surface area contributed by atoms with Gasteiger partial charge in [-0.1, -0.05) is 50.3 Å². The molecule has 3 atom stereocenters. The Labute approximate surface area is 228 Å². The van der Waals surface area contributed by atoms with Gasteiger partial charge in [-0.2, -0.15) is 0 Å². The van der Waals surface area contributed by atoms with Crippen LogP contribution in [0.2, 0.25) is 0 Å². The van der Waals surface area contributed by atoms with E-state index in [4.69, 9.17) is 5.73 Å². The second-order valence-corrected chi connectivity index (χ2v) is 10.0. The van der Waals surface area contributed by atoms with Gasteiger partial charge in [0, 0.05) is 44.4 Å². The van der Waals surface area contributed by atoms with Crippen LogP contribution in [0.15, 0.2) is 65.2 Å². The Morgan fingerprint density at radius 3 is 2.31 bits per heavy atom. The summed E-state index contributed by atoms with van der Waals surface area (Å²) in [5.74, 6) is -3.51. The summed E-state index contributed by atoms with van der Waals surface area (Å²) in [6, 6.07) is 12.7. The number of hydrogen-bond acceptors (Lipinski definition) is 5. The maximum absolute atomic E-state index is 14.1. The molecule has 0 bridgehead atoms. The number of nitrogens with one attached hydrogen (secondary N) is 1. The summed E-state index contributed by atoms with van der Waals surface area (Å²) in [7, 11) is 0. The van der Waals surface area contributed by atoms with Crippen molar-refractivity contribution in [1.82, 2.24) is 10.2 Å². The molecule has 2 amide bonds. The monoisotopic (exact) mass is 540 g/mol. The number of aliphatic imine (C=N–C) groups is 1. The first-order valence-electron chi connectivity index (χ1n) is 13.4. The van der Waals surface area contributed by atoms with Gasteiger partial charge in [0.15, 0.2) is 0 Å². The van der Waals surface area contributed by atoms with Crippen molar-refractivity contribution < 1.29 is 23.5 Å². The number of benzene rings is 2. The molecule has 1 heterocycles. The van der Waals surface area contributed by atoms with Crippen molar-refractivity contribution in [3.63, 3.8) is 0 Å². The van der Waals surface area contributed by atoms with Crippen molar-refractivity contribution in [1.29, 1.82) is 0 Å². The minimum absolute atomic E-state index is 0.0626. The second kappa shape index (κ2) is 14.1. The van der Waals surface area contributed by atoms with Crippen LogP contribution in [-0.4, -0.2) is 60.3 Å². The summed E-state index contributed by atoms with van der Waals surface area (Å²) >= 11 is 0. The number of nitrogens with two attached hydrogens (primary N) is 1. The van der Waals surface area contributed by atoms with Crippen molar-refractivity contribution in [2.24, 2.45) is 22.1 Å². The third kappa shape index (κ3) is 7.80. The minimum Gasteiger partial charge on any atom is -0.391 e. The first-order valence-corrected chi connectivity index (χ1v) is 13.4. The van der Waals surface area contributed by atoms with Gasteiger partial charge in [-0.25, -0.2) is 8.78 Å². The van der Waals surface area contributed by atoms with Crippen LogP contribution >= 0.6 is 0 Å². The van der Waals surface area contributed by atoms with Gasteiger partial charge >= 0.3 is 0 Å². The van der Waals surface area contributed by atoms with Crippen molar-refractivity contribution in [2.75, 3.05) is 26.2 Å². The van der Waals surface area contributed by atoms with Crippen LogP contribution in [0.3, 0.4) is 0 Å². The van der Waals surface area contributed by atoms with Crippen molar-refractivity contribution in [2.45, 2.75) is 45.8 Å². The largest absolute Gasteiger partial charge is 0.391 e. The molecule has 3 rings (SSSR count). The average molecular weight is 541 g/mol. The smallest absolute Gasteiger partial charge is 0.255 e. The number of primary amides is 1. The molecular formula is C30H38F2N4O3. The van der Waals surface area contributed by atoms with Gasteiger partial charge in [-0.15, -0.1) is 0 Å². The molecule has 4 N–H and O–H groups in total. The first kappa shape index (κ1) is 30.1. The van der Waals surface area contributed by atoms with E-state index in [-0.39, 0.29) is 36.6 Å². The first-order chi connectivity index (χ1) is 18.7. The van der Waals surface area contributed by atoms with Crippen LogP contribution in [0.4, 0.5) is 8.78 Å².